The van der Waals surface area contributed by atoms with E-state index in [2.05, 4.69) is 10.3 Å². The topological polar surface area (TPSA) is 68.1 Å². The summed E-state index contributed by atoms with van der Waals surface area (Å²) < 4.78 is 0. The van der Waals surface area contributed by atoms with E-state index in [9.17, 15) is 10.1 Å². The highest BCUT2D eigenvalue weighted by Gasteiger charge is 2.10. The molecule has 0 saturated heterocycles. The Hall–Kier alpha value is -1.79. The van der Waals surface area contributed by atoms with Gasteiger partial charge >= 0.3 is 0 Å². The fraction of sp³-hybridized carbons (Fsp3) is 0.250. The highest BCUT2D eigenvalue weighted by Crippen LogP contribution is 2.19. The van der Waals surface area contributed by atoms with Gasteiger partial charge in [-0.05, 0) is 12.5 Å². The summed E-state index contributed by atoms with van der Waals surface area (Å²) in [5.74, 6) is 0. The number of hydrogen-bond acceptors (Lipinski definition) is 5. The van der Waals surface area contributed by atoms with E-state index in [-0.39, 0.29) is 10.6 Å². The molecule has 0 fully saturated rings. The lowest BCUT2D eigenvalue weighted by atomic mass is 10.1. The molecule has 0 radical (unpaired) electrons. The quantitative estimate of drug-likeness (QED) is 0.665. The van der Waals surface area contributed by atoms with Crippen molar-refractivity contribution in [2.24, 2.45) is 0 Å². The lowest BCUT2D eigenvalue weighted by Gasteiger charge is -2.04. The van der Waals surface area contributed by atoms with E-state index in [1.807, 2.05) is 11.4 Å². The van der Waals surface area contributed by atoms with E-state index in [4.69, 9.17) is 0 Å². The predicted octanol–water partition coefficient (Wildman–Crippen LogP) is 2.65. The Balaban J connectivity index is 1.97. The zero-order valence-electron chi connectivity index (χ0n) is 9.92. The summed E-state index contributed by atoms with van der Waals surface area (Å²) in [6, 6.07) is 5.29. The molecule has 1 N–H and O–H groups in total. The number of benzene rings is 1. The lowest BCUT2D eigenvalue weighted by Crippen LogP contribution is -2.12. The Morgan fingerprint density at radius 2 is 2.28 bits per heavy atom. The Morgan fingerprint density at radius 1 is 1.44 bits per heavy atom. The predicted molar refractivity (Wildman–Crippen MR) is 70.5 cm³/mol. The van der Waals surface area contributed by atoms with Crippen molar-refractivity contribution in [3.8, 4) is 0 Å². The van der Waals surface area contributed by atoms with Crippen molar-refractivity contribution < 1.29 is 4.92 Å². The van der Waals surface area contributed by atoms with E-state index >= 15 is 0 Å². The van der Waals surface area contributed by atoms with E-state index in [0.29, 0.717) is 18.7 Å². The van der Waals surface area contributed by atoms with Gasteiger partial charge in [-0.1, -0.05) is 12.1 Å². The van der Waals surface area contributed by atoms with Crippen LogP contribution >= 0.6 is 11.3 Å². The van der Waals surface area contributed by atoms with Gasteiger partial charge in [-0.3, -0.25) is 10.1 Å². The van der Waals surface area contributed by atoms with Crippen molar-refractivity contribution in [1.82, 2.24) is 10.3 Å². The molecular weight excluding hydrogens is 250 g/mol. The van der Waals surface area contributed by atoms with Crippen LogP contribution in [-0.2, 0) is 13.1 Å². The number of aromatic nitrogens is 1. The molecule has 6 heteroatoms. The maximum atomic E-state index is 10.8. The molecule has 18 heavy (non-hydrogen) atoms. The number of aryl methyl sites for hydroxylation is 1. The zero-order valence-corrected chi connectivity index (χ0v) is 10.7. The third kappa shape index (κ3) is 3.12. The normalized spacial score (nSPS) is 10.5. The standard InChI is InChI=1S/C12H13N3O2S/c1-9-2-3-10(6-11(9)15(16)17)7-13-8-12-14-4-5-18-12/h2-6,13H,7-8H2,1H3. The van der Waals surface area contributed by atoms with Crippen LogP contribution in [0, 0.1) is 17.0 Å². The molecule has 1 heterocycles. The molecular formula is C12H13N3O2S. The van der Waals surface area contributed by atoms with Gasteiger partial charge in [0.15, 0.2) is 0 Å². The monoisotopic (exact) mass is 263 g/mol. The first-order chi connectivity index (χ1) is 8.66. The van der Waals surface area contributed by atoms with Crippen molar-refractivity contribution in [2.75, 3.05) is 0 Å². The summed E-state index contributed by atoms with van der Waals surface area (Å²) in [5.41, 5.74) is 1.76. The molecule has 1 aromatic carbocycles. The third-order valence-electron chi connectivity index (χ3n) is 2.56. The van der Waals surface area contributed by atoms with Crippen molar-refractivity contribution in [3.05, 3.63) is 56.0 Å². The molecule has 1 aromatic heterocycles. The highest BCUT2D eigenvalue weighted by atomic mass is 32.1. The number of nitrogens with zero attached hydrogens (tertiary/aromatic N) is 2. The summed E-state index contributed by atoms with van der Waals surface area (Å²) in [6.07, 6.45) is 1.76. The number of nitro benzene ring substituents is 1. The number of nitrogens with one attached hydrogen (secondary N) is 1. The molecule has 0 unspecified atom stereocenters. The Morgan fingerprint density at radius 3 is 2.94 bits per heavy atom. The molecule has 2 aromatic rings. The fourth-order valence-corrected chi connectivity index (χ4v) is 2.20. The number of hydrogen-bond donors (Lipinski definition) is 1. The van der Waals surface area contributed by atoms with Gasteiger partial charge in [0.05, 0.1) is 4.92 Å². The molecule has 0 aliphatic rings. The van der Waals surface area contributed by atoms with E-state index in [1.165, 1.54) is 0 Å². The van der Waals surface area contributed by atoms with Crippen LogP contribution in [0.2, 0.25) is 0 Å². The van der Waals surface area contributed by atoms with Crippen LogP contribution in [0.15, 0.2) is 29.8 Å². The maximum Gasteiger partial charge on any atom is 0.272 e. The first kappa shape index (κ1) is 12.7. The van der Waals surface area contributed by atoms with Gasteiger partial charge in [0.2, 0.25) is 0 Å². The van der Waals surface area contributed by atoms with Gasteiger partial charge in [-0.15, -0.1) is 11.3 Å². The molecule has 0 spiro atoms. The van der Waals surface area contributed by atoms with Crippen LogP contribution in [0.5, 0.6) is 0 Å². The summed E-state index contributed by atoms with van der Waals surface area (Å²) in [5, 5.41) is 17.0. The van der Waals surface area contributed by atoms with Crippen molar-refractivity contribution in [2.45, 2.75) is 20.0 Å². The number of rotatable bonds is 5. The molecule has 0 saturated carbocycles. The highest BCUT2D eigenvalue weighted by molar-refractivity contribution is 7.09. The summed E-state index contributed by atoms with van der Waals surface area (Å²) >= 11 is 1.59. The van der Waals surface area contributed by atoms with E-state index in [1.54, 1.807) is 36.6 Å². The van der Waals surface area contributed by atoms with Gasteiger partial charge in [0.25, 0.3) is 5.69 Å². The minimum atomic E-state index is -0.348. The Kier molecular flexibility index (Phi) is 4.01. The van der Waals surface area contributed by atoms with Crippen LogP contribution in [0.1, 0.15) is 16.1 Å². The minimum absolute atomic E-state index is 0.170. The minimum Gasteiger partial charge on any atom is -0.306 e. The Labute approximate surface area is 109 Å². The summed E-state index contributed by atoms with van der Waals surface area (Å²) in [7, 11) is 0. The summed E-state index contributed by atoms with van der Waals surface area (Å²) in [4.78, 5) is 14.6. The van der Waals surface area contributed by atoms with Crippen LogP contribution in [0.3, 0.4) is 0 Å². The first-order valence-electron chi connectivity index (χ1n) is 5.50. The van der Waals surface area contributed by atoms with Gasteiger partial charge in [0.1, 0.15) is 5.01 Å². The lowest BCUT2D eigenvalue weighted by molar-refractivity contribution is -0.385. The zero-order chi connectivity index (χ0) is 13.0. The number of thiazole rings is 1. The molecule has 0 bridgehead atoms. The van der Waals surface area contributed by atoms with Crippen LogP contribution in [0.4, 0.5) is 5.69 Å². The van der Waals surface area contributed by atoms with Crippen LogP contribution in [0.25, 0.3) is 0 Å². The van der Waals surface area contributed by atoms with Crippen molar-refractivity contribution in [1.29, 1.82) is 0 Å². The average Bonchev–Trinajstić information content (AvgIpc) is 2.84. The fourth-order valence-electron chi connectivity index (χ4n) is 1.62. The van der Waals surface area contributed by atoms with Gasteiger partial charge in [0, 0.05) is 36.3 Å². The largest absolute Gasteiger partial charge is 0.306 e. The molecule has 0 atom stereocenters. The maximum absolute atomic E-state index is 10.8. The second kappa shape index (κ2) is 5.70. The first-order valence-corrected chi connectivity index (χ1v) is 6.38. The van der Waals surface area contributed by atoms with Gasteiger partial charge in [-0.25, -0.2) is 4.98 Å². The molecule has 94 valence electrons. The van der Waals surface area contributed by atoms with Gasteiger partial charge in [-0.2, -0.15) is 0 Å². The molecule has 0 aliphatic carbocycles. The average molecular weight is 263 g/mol. The molecule has 0 aliphatic heterocycles. The second-order valence-corrected chi connectivity index (χ2v) is 4.89. The second-order valence-electron chi connectivity index (χ2n) is 3.91. The molecule has 5 nitrogen and oxygen atoms in total. The smallest absolute Gasteiger partial charge is 0.272 e. The Bertz CT molecular complexity index is 540. The van der Waals surface area contributed by atoms with Crippen LogP contribution in [-0.4, -0.2) is 9.91 Å². The molecule has 0 amide bonds. The SMILES string of the molecule is Cc1ccc(CNCc2nccs2)cc1[N+](=O)[O-]. The summed E-state index contributed by atoms with van der Waals surface area (Å²) in [6.45, 7) is 3.02. The van der Waals surface area contributed by atoms with Crippen LogP contribution < -0.4 is 5.32 Å². The van der Waals surface area contributed by atoms with E-state index in [0.717, 1.165) is 10.6 Å². The number of nitro groups is 1. The third-order valence-corrected chi connectivity index (χ3v) is 3.34. The van der Waals surface area contributed by atoms with E-state index < -0.39 is 0 Å². The van der Waals surface area contributed by atoms with Crippen molar-refractivity contribution in [3.63, 3.8) is 0 Å². The van der Waals surface area contributed by atoms with Crippen molar-refractivity contribution >= 4 is 17.0 Å². The van der Waals surface area contributed by atoms with Gasteiger partial charge < -0.3 is 5.32 Å². The molecule has 2 rings (SSSR count).